The van der Waals surface area contributed by atoms with Crippen molar-refractivity contribution in [2.45, 2.75) is 6.92 Å². The lowest BCUT2D eigenvalue weighted by atomic mass is 10.3. The Labute approximate surface area is 118 Å². The molecule has 0 saturated heterocycles. The van der Waals surface area contributed by atoms with Gasteiger partial charge in [0.25, 0.3) is 0 Å². The van der Waals surface area contributed by atoms with Crippen LogP contribution in [0.15, 0.2) is 48.5 Å². The molecule has 20 heavy (non-hydrogen) atoms. The highest BCUT2D eigenvalue weighted by molar-refractivity contribution is 5.46. The Kier molecular flexibility index (Phi) is 4.82. The molecular formula is C16H19FN2O. The van der Waals surface area contributed by atoms with Gasteiger partial charge in [0.1, 0.15) is 18.2 Å². The minimum atomic E-state index is -0.221. The van der Waals surface area contributed by atoms with Gasteiger partial charge >= 0.3 is 0 Å². The van der Waals surface area contributed by atoms with E-state index in [-0.39, 0.29) is 5.82 Å². The fraction of sp³-hybridized carbons (Fsp3) is 0.250. The van der Waals surface area contributed by atoms with Crippen molar-refractivity contribution in [3.05, 3.63) is 54.3 Å². The molecule has 4 heteroatoms. The number of ether oxygens (including phenoxy) is 1. The average Bonchev–Trinajstić information content (AvgIpc) is 2.45. The van der Waals surface area contributed by atoms with Gasteiger partial charge in [-0.1, -0.05) is 6.07 Å². The number of nitrogen functional groups attached to an aromatic ring is 1. The monoisotopic (exact) mass is 274 g/mol. The number of likely N-dealkylation sites (N-methyl/N-ethyl adjacent to an activating group) is 1. The van der Waals surface area contributed by atoms with Gasteiger partial charge in [0.2, 0.25) is 0 Å². The standard InChI is InChI=1S/C16H19FN2O/c1-2-19(15-8-6-13(17)7-9-15)10-11-20-16-5-3-4-14(18)12-16/h3-9,12H,2,10-11,18H2,1H3. The van der Waals surface area contributed by atoms with E-state index < -0.39 is 0 Å². The van der Waals surface area contributed by atoms with Crippen molar-refractivity contribution in [1.29, 1.82) is 0 Å². The van der Waals surface area contributed by atoms with Gasteiger partial charge in [0.15, 0.2) is 0 Å². The van der Waals surface area contributed by atoms with Gasteiger partial charge in [0, 0.05) is 24.0 Å². The van der Waals surface area contributed by atoms with E-state index in [2.05, 4.69) is 11.8 Å². The number of anilines is 2. The molecule has 0 spiro atoms. The summed E-state index contributed by atoms with van der Waals surface area (Å²) in [5.74, 6) is 0.543. The SMILES string of the molecule is CCN(CCOc1cccc(N)c1)c1ccc(F)cc1. The van der Waals surface area contributed by atoms with Gasteiger partial charge in [-0.25, -0.2) is 4.39 Å². The Balaban J connectivity index is 1.89. The molecule has 2 aromatic carbocycles. The summed E-state index contributed by atoms with van der Waals surface area (Å²) in [6, 6.07) is 13.9. The normalized spacial score (nSPS) is 10.3. The molecule has 0 aromatic heterocycles. The van der Waals surface area contributed by atoms with Crippen molar-refractivity contribution in [2.24, 2.45) is 0 Å². The summed E-state index contributed by atoms with van der Waals surface area (Å²) in [5.41, 5.74) is 7.37. The number of hydrogen-bond donors (Lipinski definition) is 1. The lowest BCUT2D eigenvalue weighted by Crippen LogP contribution is -2.28. The van der Waals surface area contributed by atoms with Crippen LogP contribution in [0.1, 0.15) is 6.92 Å². The summed E-state index contributed by atoms with van der Waals surface area (Å²) in [6.45, 7) is 4.18. The maximum Gasteiger partial charge on any atom is 0.123 e. The second-order valence-corrected chi connectivity index (χ2v) is 4.48. The molecule has 0 amide bonds. The first-order valence-electron chi connectivity index (χ1n) is 6.68. The molecule has 0 saturated carbocycles. The maximum atomic E-state index is 12.9. The van der Waals surface area contributed by atoms with E-state index >= 15 is 0 Å². The van der Waals surface area contributed by atoms with Crippen LogP contribution in [-0.4, -0.2) is 19.7 Å². The van der Waals surface area contributed by atoms with E-state index in [1.807, 2.05) is 18.2 Å². The molecule has 0 fully saturated rings. The average molecular weight is 274 g/mol. The minimum absolute atomic E-state index is 0.221. The third kappa shape index (κ3) is 3.88. The molecule has 2 rings (SSSR count). The van der Waals surface area contributed by atoms with Gasteiger partial charge in [-0.2, -0.15) is 0 Å². The lowest BCUT2D eigenvalue weighted by molar-refractivity contribution is 0.324. The number of benzene rings is 2. The highest BCUT2D eigenvalue weighted by Crippen LogP contribution is 2.16. The molecular weight excluding hydrogens is 255 g/mol. The largest absolute Gasteiger partial charge is 0.492 e. The van der Waals surface area contributed by atoms with Crippen LogP contribution >= 0.6 is 0 Å². The third-order valence-corrected chi connectivity index (χ3v) is 3.06. The number of halogens is 1. The molecule has 0 atom stereocenters. The molecule has 0 unspecified atom stereocenters. The Hall–Kier alpha value is -2.23. The van der Waals surface area contributed by atoms with Crippen LogP contribution in [0.5, 0.6) is 5.75 Å². The zero-order valence-electron chi connectivity index (χ0n) is 11.6. The van der Waals surface area contributed by atoms with Crippen LogP contribution in [0.3, 0.4) is 0 Å². The van der Waals surface area contributed by atoms with Crippen LogP contribution in [-0.2, 0) is 0 Å². The fourth-order valence-electron chi connectivity index (χ4n) is 2.00. The number of rotatable bonds is 6. The Morgan fingerprint density at radius 1 is 1.15 bits per heavy atom. The number of nitrogens with zero attached hydrogens (tertiary/aromatic N) is 1. The Bertz CT molecular complexity index is 542. The van der Waals surface area contributed by atoms with Crippen molar-refractivity contribution < 1.29 is 9.13 Å². The summed E-state index contributed by atoms with van der Waals surface area (Å²) in [5, 5.41) is 0. The summed E-state index contributed by atoms with van der Waals surface area (Å²) < 4.78 is 18.6. The highest BCUT2D eigenvalue weighted by Gasteiger charge is 2.04. The first-order valence-corrected chi connectivity index (χ1v) is 6.68. The van der Waals surface area contributed by atoms with Crippen LogP contribution < -0.4 is 15.4 Å². The Morgan fingerprint density at radius 2 is 1.90 bits per heavy atom. The number of nitrogens with two attached hydrogens (primary N) is 1. The summed E-state index contributed by atoms with van der Waals surface area (Å²) in [4.78, 5) is 2.13. The van der Waals surface area contributed by atoms with Crippen molar-refractivity contribution in [3.63, 3.8) is 0 Å². The molecule has 0 aliphatic carbocycles. The number of hydrogen-bond acceptors (Lipinski definition) is 3. The van der Waals surface area contributed by atoms with Crippen molar-refractivity contribution in [1.82, 2.24) is 0 Å². The second-order valence-electron chi connectivity index (χ2n) is 4.48. The predicted octanol–water partition coefficient (Wildman–Crippen LogP) is 3.31. The molecule has 0 radical (unpaired) electrons. The minimum Gasteiger partial charge on any atom is -0.492 e. The molecule has 2 N–H and O–H groups in total. The fourth-order valence-corrected chi connectivity index (χ4v) is 2.00. The quantitative estimate of drug-likeness (QED) is 0.821. The molecule has 0 heterocycles. The summed E-state index contributed by atoms with van der Waals surface area (Å²) in [6.07, 6.45) is 0. The van der Waals surface area contributed by atoms with Crippen LogP contribution in [0, 0.1) is 5.82 Å². The smallest absolute Gasteiger partial charge is 0.123 e. The maximum absolute atomic E-state index is 12.9. The first kappa shape index (κ1) is 14.2. The topological polar surface area (TPSA) is 38.5 Å². The van der Waals surface area contributed by atoms with E-state index in [4.69, 9.17) is 10.5 Å². The van der Waals surface area contributed by atoms with E-state index in [1.165, 1.54) is 12.1 Å². The van der Waals surface area contributed by atoms with E-state index in [0.29, 0.717) is 12.3 Å². The van der Waals surface area contributed by atoms with E-state index in [1.54, 1.807) is 18.2 Å². The summed E-state index contributed by atoms with van der Waals surface area (Å²) >= 11 is 0. The van der Waals surface area contributed by atoms with Gasteiger partial charge in [-0.3, -0.25) is 0 Å². The van der Waals surface area contributed by atoms with E-state index in [9.17, 15) is 4.39 Å². The van der Waals surface area contributed by atoms with Gasteiger partial charge in [-0.15, -0.1) is 0 Å². The zero-order chi connectivity index (χ0) is 14.4. The van der Waals surface area contributed by atoms with Crippen LogP contribution in [0.2, 0.25) is 0 Å². The van der Waals surface area contributed by atoms with Crippen molar-refractivity contribution in [3.8, 4) is 5.75 Å². The lowest BCUT2D eigenvalue weighted by Gasteiger charge is -2.23. The van der Waals surface area contributed by atoms with Gasteiger partial charge in [0.05, 0.1) is 6.54 Å². The summed E-state index contributed by atoms with van der Waals surface area (Å²) in [7, 11) is 0. The first-order chi connectivity index (χ1) is 9.69. The molecule has 0 bridgehead atoms. The van der Waals surface area contributed by atoms with Crippen molar-refractivity contribution in [2.75, 3.05) is 30.3 Å². The zero-order valence-corrected chi connectivity index (χ0v) is 11.6. The molecule has 3 nitrogen and oxygen atoms in total. The predicted molar refractivity (Wildman–Crippen MR) is 80.6 cm³/mol. The molecule has 2 aromatic rings. The second kappa shape index (κ2) is 6.80. The molecule has 0 aliphatic rings. The van der Waals surface area contributed by atoms with Crippen molar-refractivity contribution >= 4 is 11.4 Å². The molecule has 0 aliphatic heterocycles. The van der Waals surface area contributed by atoms with Gasteiger partial charge < -0.3 is 15.4 Å². The molecule has 106 valence electrons. The van der Waals surface area contributed by atoms with Crippen LogP contribution in [0.4, 0.5) is 15.8 Å². The Morgan fingerprint density at radius 3 is 2.55 bits per heavy atom. The van der Waals surface area contributed by atoms with Gasteiger partial charge in [-0.05, 0) is 43.3 Å². The van der Waals surface area contributed by atoms with Crippen LogP contribution in [0.25, 0.3) is 0 Å². The highest BCUT2D eigenvalue weighted by atomic mass is 19.1. The third-order valence-electron chi connectivity index (χ3n) is 3.06. The van der Waals surface area contributed by atoms with E-state index in [0.717, 1.165) is 24.5 Å².